The molecule has 2 rings (SSSR count). The topological polar surface area (TPSA) is 38.9 Å². The maximum absolute atomic E-state index is 12.5. The first kappa shape index (κ1) is 13.9. The van der Waals surface area contributed by atoms with Crippen molar-refractivity contribution in [3.63, 3.8) is 0 Å². The van der Waals surface area contributed by atoms with Crippen LogP contribution in [-0.4, -0.2) is 4.98 Å². The number of hydrogen-bond acceptors (Lipinski definition) is 3. The molecule has 0 spiro atoms. The van der Waals surface area contributed by atoms with Crippen LogP contribution in [0.4, 0.5) is 18.3 Å². The molecule has 0 saturated carbocycles. The molecular formula is C13H13F3N2S. The van der Waals surface area contributed by atoms with Crippen molar-refractivity contribution in [1.29, 1.82) is 0 Å². The van der Waals surface area contributed by atoms with Crippen molar-refractivity contribution in [2.45, 2.75) is 25.9 Å². The first-order valence-electron chi connectivity index (χ1n) is 5.84. The van der Waals surface area contributed by atoms with Crippen molar-refractivity contribution in [2.24, 2.45) is 0 Å². The molecule has 0 saturated heterocycles. The molecule has 102 valence electrons. The summed E-state index contributed by atoms with van der Waals surface area (Å²) in [6.45, 7) is 2.03. The number of nitrogens with two attached hydrogens (primary N) is 1. The highest BCUT2D eigenvalue weighted by Crippen LogP contribution is 2.34. The first-order valence-corrected chi connectivity index (χ1v) is 6.66. The van der Waals surface area contributed by atoms with Crippen LogP contribution in [0.5, 0.6) is 0 Å². The molecule has 0 aliphatic rings. The van der Waals surface area contributed by atoms with E-state index in [0.717, 1.165) is 29.9 Å². The van der Waals surface area contributed by atoms with Gasteiger partial charge in [0.25, 0.3) is 0 Å². The van der Waals surface area contributed by atoms with Gasteiger partial charge in [0, 0.05) is 10.4 Å². The number of nitrogens with zero attached hydrogens (tertiary/aromatic N) is 1. The number of aromatic nitrogens is 1. The molecule has 2 N–H and O–H groups in total. The van der Waals surface area contributed by atoms with E-state index in [1.54, 1.807) is 0 Å². The lowest BCUT2D eigenvalue weighted by Gasteiger charge is -2.07. The Morgan fingerprint density at radius 2 is 1.84 bits per heavy atom. The number of halogens is 3. The molecule has 1 heterocycles. The van der Waals surface area contributed by atoms with Crippen LogP contribution in [-0.2, 0) is 12.6 Å². The van der Waals surface area contributed by atoms with Crippen LogP contribution in [0.3, 0.4) is 0 Å². The summed E-state index contributed by atoms with van der Waals surface area (Å²) in [5.74, 6) is 0. The van der Waals surface area contributed by atoms with Gasteiger partial charge in [-0.1, -0.05) is 25.5 Å². The molecule has 0 bridgehead atoms. The van der Waals surface area contributed by atoms with Crippen molar-refractivity contribution in [3.05, 3.63) is 34.7 Å². The van der Waals surface area contributed by atoms with Crippen LogP contribution in [0.1, 0.15) is 23.8 Å². The summed E-state index contributed by atoms with van der Waals surface area (Å²) in [6.07, 6.45) is -2.55. The lowest BCUT2D eigenvalue weighted by Crippen LogP contribution is -2.04. The number of hydrogen-bond donors (Lipinski definition) is 1. The minimum absolute atomic E-state index is 0.443. The summed E-state index contributed by atoms with van der Waals surface area (Å²) in [7, 11) is 0. The maximum atomic E-state index is 12.5. The van der Waals surface area contributed by atoms with E-state index in [4.69, 9.17) is 5.73 Å². The minimum Gasteiger partial charge on any atom is -0.375 e. The monoisotopic (exact) mass is 286 g/mol. The molecule has 0 aliphatic carbocycles. The van der Waals surface area contributed by atoms with E-state index in [0.29, 0.717) is 16.4 Å². The Balaban J connectivity index is 2.37. The second kappa shape index (κ2) is 5.21. The van der Waals surface area contributed by atoms with Gasteiger partial charge < -0.3 is 5.73 Å². The number of thiazole rings is 1. The third-order valence-corrected chi connectivity index (χ3v) is 3.62. The number of aryl methyl sites for hydroxylation is 1. The zero-order chi connectivity index (χ0) is 14.0. The van der Waals surface area contributed by atoms with E-state index in [1.807, 2.05) is 6.92 Å². The largest absolute Gasteiger partial charge is 0.416 e. The van der Waals surface area contributed by atoms with Crippen LogP contribution in [0.2, 0.25) is 0 Å². The maximum Gasteiger partial charge on any atom is 0.416 e. The predicted octanol–water partition coefficient (Wildman–Crippen LogP) is 4.36. The number of nitrogen functional groups attached to an aromatic ring is 1. The fourth-order valence-electron chi connectivity index (χ4n) is 1.81. The Bertz CT molecular complexity index is 558. The van der Waals surface area contributed by atoms with Gasteiger partial charge in [-0.05, 0) is 18.6 Å². The van der Waals surface area contributed by atoms with E-state index in [9.17, 15) is 13.2 Å². The molecule has 2 nitrogen and oxygen atoms in total. The highest BCUT2D eigenvalue weighted by atomic mass is 32.1. The molecule has 0 aliphatic heterocycles. The quantitative estimate of drug-likeness (QED) is 0.910. The second-order valence-electron chi connectivity index (χ2n) is 4.15. The Labute approximate surface area is 113 Å². The van der Waals surface area contributed by atoms with Crippen molar-refractivity contribution in [1.82, 2.24) is 4.98 Å². The molecule has 0 atom stereocenters. The smallest absolute Gasteiger partial charge is 0.375 e. The molecule has 0 radical (unpaired) electrons. The molecule has 0 amide bonds. The lowest BCUT2D eigenvalue weighted by molar-refractivity contribution is -0.137. The summed E-state index contributed by atoms with van der Waals surface area (Å²) in [6, 6.07) is 5.02. The molecule has 1 aromatic carbocycles. The Kier molecular flexibility index (Phi) is 3.80. The average Bonchev–Trinajstić information content (AvgIpc) is 2.70. The van der Waals surface area contributed by atoms with Crippen molar-refractivity contribution < 1.29 is 13.2 Å². The summed E-state index contributed by atoms with van der Waals surface area (Å²) in [5.41, 5.74) is 6.38. The van der Waals surface area contributed by atoms with Gasteiger partial charge in [0.1, 0.15) is 0 Å². The Morgan fingerprint density at radius 1 is 1.21 bits per heavy atom. The minimum atomic E-state index is -4.31. The predicted molar refractivity (Wildman–Crippen MR) is 71.0 cm³/mol. The SMILES string of the molecule is CCCc1sc(N)nc1-c1ccc(C(F)(F)F)cc1. The van der Waals surface area contributed by atoms with E-state index >= 15 is 0 Å². The van der Waals surface area contributed by atoms with Gasteiger partial charge in [0.05, 0.1) is 11.3 Å². The molecule has 6 heteroatoms. The van der Waals surface area contributed by atoms with E-state index < -0.39 is 11.7 Å². The van der Waals surface area contributed by atoms with Crippen LogP contribution >= 0.6 is 11.3 Å². The van der Waals surface area contributed by atoms with Gasteiger partial charge in [-0.15, -0.1) is 11.3 Å². The summed E-state index contributed by atoms with van der Waals surface area (Å²) in [4.78, 5) is 5.22. The van der Waals surface area contributed by atoms with Crippen LogP contribution in [0, 0.1) is 0 Å². The highest BCUT2D eigenvalue weighted by molar-refractivity contribution is 7.15. The average molecular weight is 286 g/mol. The van der Waals surface area contributed by atoms with E-state index in [-0.39, 0.29) is 0 Å². The first-order chi connectivity index (χ1) is 8.91. The number of anilines is 1. The van der Waals surface area contributed by atoms with Crippen molar-refractivity contribution in [3.8, 4) is 11.3 Å². The third-order valence-electron chi connectivity index (χ3n) is 2.68. The number of rotatable bonds is 3. The summed E-state index contributed by atoms with van der Waals surface area (Å²) in [5, 5.41) is 0.443. The van der Waals surface area contributed by atoms with Crippen LogP contribution < -0.4 is 5.73 Å². The molecular weight excluding hydrogens is 273 g/mol. The van der Waals surface area contributed by atoms with Gasteiger partial charge in [0.2, 0.25) is 0 Å². The van der Waals surface area contributed by atoms with Crippen LogP contribution in [0.15, 0.2) is 24.3 Å². The molecule has 2 aromatic rings. The fraction of sp³-hybridized carbons (Fsp3) is 0.308. The summed E-state index contributed by atoms with van der Waals surface area (Å²) < 4.78 is 37.5. The zero-order valence-corrected chi connectivity index (χ0v) is 11.1. The molecule has 19 heavy (non-hydrogen) atoms. The Morgan fingerprint density at radius 3 is 2.37 bits per heavy atom. The highest BCUT2D eigenvalue weighted by Gasteiger charge is 2.30. The van der Waals surface area contributed by atoms with E-state index in [2.05, 4.69) is 4.98 Å². The number of alkyl halides is 3. The lowest BCUT2D eigenvalue weighted by atomic mass is 10.1. The van der Waals surface area contributed by atoms with Gasteiger partial charge in [-0.25, -0.2) is 4.98 Å². The number of benzene rings is 1. The van der Waals surface area contributed by atoms with Crippen LogP contribution in [0.25, 0.3) is 11.3 Å². The van der Waals surface area contributed by atoms with Gasteiger partial charge in [0.15, 0.2) is 5.13 Å². The molecule has 1 aromatic heterocycles. The molecule has 0 fully saturated rings. The third kappa shape index (κ3) is 3.07. The van der Waals surface area contributed by atoms with Gasteiger partial charge in [-0.2, -0.15) is 13.2 Å². The normalized spacial score (nSPS) is 11.8. The molecule has 0 unspecified atom stereocenters. The van der Waals surface area contributed by atoms with Gasteiger partial charge >= 0.3 is 6.18 Å². The standard InChI is InChI=1S/C13H13F3N2S/c1-2-3-10-11(18-12(17)19-10)8-4-6-9(7-5-8)13(14,15)16/h4-7H,2-3H2,1H3,(H2,17,18). The summed E-state index contributed by atoms with van der Waals surface area (Å²) >= 11 is 1.39. The van der Waals surface area contributed by atoms with Gasteiger partial charge in [-0.3, -0.25) is 0 Å². The second-order valence-corrected chi connectivity index (χ2v) is 5.26. The van der Waals surface area contributed by atoms with Crippen molar-refractivity contribution >= 4 is 16.5 Å². The Hall–Kier alpha value is -1.56. The zero-order valence-electron chi connectivity index (χ0n) is 10.3. The van der Waals surface area contributed by atoms with Crippen molar-refractivity contribution in [2.75, 3.05) is 5.73 Å². The fourth-order valence-corrected chi connectivity index (χ4v) is 2.76. The van der Waals surface area contributed by atoms with E-state index in [1.165, 1.54) is 23.5 Å².